The van der Waals surface area contributed by atoms with E-state index >= 15 is 0 Å². The molecule has 0 saturated carbocycles. The Labute approximate surface area is 140 Å². The van der Waals surface area contributed by atoms with Crippen molar-refractivity contribution < 1.29 is 9.47 Å². The zero-order chi connectivity index (χ0) is 15.5. The van der Waals surface area contributed by atoms with E-state index in [0.29, 0.717) is 34.9 Å². The smallest absolute Gasteiger partial charge is 0.166 e. The summed E-state index contributed by atoms with van der Waals surface area (Å²) in [6, 6.07) is 5.38. The van der Waals surface area contributed by atoms with Gasteiger partial charge in [0.05, 0.1) is 6.61 Å². The van der Waals surface area contributed by atoms with Gasteiger partial charge in [-0.05, 0) is 43.8 Å². The number of hydrogen-bond donors (Lipinski definition) is 2. The Morgan fingerprint density at radius 2 is 2.14 bits per heavy atom. The van der Waals surface area contributed by atoms with Gasteiger partial charge in [0.15, 0.2) is 10.9 Å². The van der Waals surface area contributed by atoms with Gasteiger partial charge < -0.3 is 20.1 Å². The quantitative estimate of drug-likeness (QED) is 0.818. The Morgan fingerprint density at radius 1 is 1.38 bits per heavy atom. The number of benzene rings is 1. The average molecular weight is 349 g/mol. The van der Waals surface area contributed by atoms with E-state index < -0.39 is 5.79 Å². The molecule has 0 amide bonds. The van der Waals surface area contributed by atoms with Crippen LogP contribution in [0, 0.1) is 0 Å². The molecule has 116 valence electrons. The minimum atomic E-state index is -0.516. The summed E-state index contributed by atoms with van der Waals surface area (Å²) in [5.41, 5.74) is 0.937. The number of ether oxygens (including phenoxy) is 2. The largest absolute Gasteiger partial charge is 0.360 e. The van der Waals surface area contributed by atoms with Gasteiger partial charge in [0.25, 0.3) is 0 Å². The number of nitrogens with one attached hydrogen (secondary N) is 2. The molecule has 1 aromatic carbocycles. The second-order valence-electron chi connectivity index (χ2n) is 5.25. The molecule has 1 unspecified atom stereocenters. The van der Waals surface area contributed by atoms with Gasteiger partial charge in [-0.25, -0.2) is 0 Å². The van der Waals surface area contributed by atoms with Crippen molar-refractivity contribution in [1.29, 1.82) is 0 Å². The van der Waals surface area contributed by atoms with Crippen molar-refractivity contribution in [3.8, 4) is 0 Å². The van der Waals surface area contributed by atoms with Crippen LogP contribution in [0.25, 0.3) is 0 Å². The summed E-state index contributed by atoms with van der Waals surface area (Å²) in [4.78, 5) is 0. The first-order valence-corrected chi connectivity index (χ1v) is 7.79. The van der Waals surface area contributed by atoms with Crippen molar-refractivity contribution in [3.63, 3.8) is 0 Å². The highest BCUT2D eigenvalue weighted by atomic mass is 35.5. The molecule has 1 atom stereocenters. The molecule has 1 aromatic rings. The summed E-state index contributed by atoms with van der Waals surface area (Å²) >= 11 is 17.2. The van der Waals surface area contributed by atoms with Gasteiger partial charge in [-0.3, -0.25) is 0 Å². The predicted molar refractivity (Wildman–Crippen MR) is 88.8 cm³/mol. The maximum atomic E-state index is 6.10. The Hall–Kier alpha value is -0.590. The third-order valence-electron chi connectivity index (χ3n) is 3.01. The maximum Gasteiger partial charge on any atom is 0.166 e. The van der Waals surface area contributed by atoms with Crippen LogP contribution in [-0.4, -0.2) is 30.2 Å². The number of rotatable bonds is 4. The first-order chi connectivity index (χ1) is 9.85. The van der Waals surface area contributed by atoms with Gasteiger partial charge in [0.1, 0.15) is 6.10 Å². The summed E-state index contributed by atoms with van der Waals surface area (Å²) in [7, 11) is 0. The van der Waals surface area contributed by atoms with Crippen LogP contribution in [0.1, 0.15) is 19.4 Å². The molecular weight excluding hydrogens is 331 g/mol. The standard InChI is InChI=1S/C14H18Cl2N2O2S/c1-14(2)19-8-11(20-14)7-18-13(21)17-6-9-3-4-10(15)5-12(9)16/h3-5,11H,6-8H2,1-2H3,(H2,17,18,21). The second kappa shape index (κ2) is 7.11. The molecule has 1 aliphatic rings. The molecule has 0 spiro atoms. The van der Waals surface area contributed by atoms with E-state index in [2.05, 4.69) is 10.6 Å². The lowest BCUT2D eigenvalue weighted by molar-refractivity contribution is -0.137. The van der Waals surface area contributed by atoms with E-state index in [0.717, 1.165) is 5.56 Å². The Balaban J connectivity index is 1.73. The van der Waals surface area contributed by atoms with E-state index in [1.165, 1.54) is 0 Å². The van der Waals surface area contributed by atoms with Crippen LogP contribution in [0.5, 0.6) is 0 Å². The summed E-state index contributed by atoms with van der Waals surface area (Å²) in [6.07, 6.45) is -0.00105. The highest BCUT2D eigenvalue weighted by Crippen LogP contribution is 2.22. The van der Waals surface area contributed by atoms with Gasteiger partial charge in [-0.15, -0.1) is 0 Å². The van der Waals surface area contributed by atoms with Crippen molar-refractivity contribution in [1.82, 2.24) is 10.6 Å². The summed E-state index contributed by atoms with van der Waals surface area (Å²) in [5.74, 6) is -0.516. The van der Waals surface area contributed by atoms with E-state index in [9.17, 15) is 0 Å². The van der Waals surface area contributed by atoms with Crippen LogP contribution in [0.4, 0.5) is 0 Å². The lowest BCUT2D eigenvalue weighted by atomic mass is 10.2. The van der Waals surface area contributed by atoms with Crippen molar-refractivity contribution in [2.45, 2.75) is 32.3 Å². The highest BCUT2D eigenvalue weighted by molar-refractivity contribution is 7.80. The minimum absolute atomic E-state index is 0.00105. The van der Waals surface area contributed by atoms with Crippen LogP contribution < -0.4 is 10.6 Å². The fraction of sp³-hybridized carbons (Fsp3) is 0.500. The molecule has 0 radical (unpaired) electrons. The van der Waals surface area contributed by atoms with Gasteiger partial charge in [-0.2, -0.15) is 0 Å². The molecular formula is C14H18Cl2N2O2S. The zero-order valence-electron chi connectivity index (χ0n) is 11.9. The van der Waals surface area contributed by atoms with Crippen LogP contribution in [0.2, 0.25) is 10.0 Å². The SMILES string of the molecule is CC1(C)OCC(CNC(=S)NCc2ccc(Cl)cc2Cl)O1. The van der Waals surface area contributed by atoms with E-state index in [1.807, 2.05) is 19.9 Å². The Bertz CT molecular complexity index is 526. The highest BCUT2D eigenvalue weighted by Gasteiger charge is 2.32. The Kier molecular flexibility index (Phi) is 5.68. The predicted octanol–water partition coefficient (Wildman–Crippen LogP) is 3.11. The Morgan fingerprint density at radius 3 is 2.76 bits per heavy atom. The summed E-state index contributed by atoms with van der Waals surface area (Å²) < 4.78 is 11.2. The van der Waals surface area contributed by atoms with Crippen molar-refractivity contribution in [3.05, 3.63) is 33.8 Å². The van der Waals surface area contributed by atoms with Gasteiger partial charge in [0, 0.05) is 23.1 Å². The molecule has 1 saturated heterocycles. The van der Waals surface area contributed by atoms with E-state index in [1.54, 1.807) is 12.1 Å². The van der Waals surface area contributed by atoms with E-state index in [4.69, 9.17) is 44.9 Å². The van der Waals surface area contributed by atoms with Crippen molar-refractivity contribution >= 4 is 40.5 Å². The van der Waals surface area contributed by atoms with Gasteiger partial charge >= 0.3 is 0 Å². The van der Waals surface area contributed by atoms with Crippen LogP contribution in [0.15, 0.2) is 18.2 Å². The molecule has 1 heterocycles. The molecule has 2 N–H and O–H groups in total. The average Bonchev–Trinajstić information content (AvgIpc) is 2.75. The number of thiocarbonyl (C=S) groups is 1. The zero-order valence-corrected chi connectivity index (χ0v) is 14.2. The summed E-state index contributed by atoms with van der Waals surface area (Å²) in [6.45, 7) is 5.49. The maximum absolute atomic E-state index is 6.10. The fourth-order valence-corrected chi connectivity index (χ4v) is 2.60. The minimum Gasteiger partial charge on any atom is -0.360 e. The van der Waals surface area contributed by atoms with Gasteiger partial charge in [-0.1, -0.05) is 29.3 Å². The molecule has 7 heteroatoms. The topological polar surface area (TPSA) is 42.5 Å². The van der Waals surface area contributed by atoms with Gasteiger partial charge in [0.2, 0.25) is 0 Å². The molecule has 1 fully saturated rings. The fourth-order valence-electron chi connectivity index (χ4n) is 1.97. The molecule has 2 rings (SSSR count). The lowest BCUT2D eigenvalue weighted by Gasteiger charge is -2.18. The van der Waals surface area contributed by atoms with Crippen molar-refractivity contribution in [2.24, 2.45) is 0 Å². The van der Waals surface area contributed by atoms with Crippen LogP contribution in [-0.2, 0) is 16.0 Å². The van der Waals surface area contributed by atoms with Crippen molar-refractivity contribution in [2.75, 3.05) is 13.2 Å². The molecule has 0 bridgehead atoms. The monoisotopic (exact) mass is 348 g/mol. The first kappa shape index (κ1) is 16.8. The third-order valence-corrected chi connectivity index (χ3v) is 3.89. The summed E-state index contributed by atoms with van der Waals surface area (Å²) in [5, 5.41) is 7.99. The number of hydrogen-bond acceptors (Lipinski definition) is 3. The normalized spacial score (nSPS) is 20.3. The molecule has 0 aromatic heterocycles. The van der Waals surface area contributed by atoms with E-state index in [-0.39, 0.29) is 6.10 Å². The third kappa shape index (κ3) is 5.27. The molecule has 4 nitrogen and oxygen atoms in total. The molecule has 1 aliphatic heterocycles. The lowest BCUT2D eigenvalue weighted by Crippen LogP contribution is -2.40. The second-order valence-corrected chi connectivity index (χ2v) is 6.50. The van der Waals surface area contributed by atoms with Crippen LogP contribution in [0.3, 0.4) is 0 Å². The molecule has 0 aliphatic carbocycles. The first-order valence-electron chi connectivity index (χ1n) is 6.63. The van der Waals surface area contributed by atoms with Crippen LogP contribution >= 0.6 is 35.4 Å². The molecule has 21 heavy (non-hydrogen) atoms. The number of halogens is 2.